The Morgan fingerprint density at radius 1 is 1.03 bits per heavy atom. The number of ketones is 1. The van der Waals surface area contributed by atoms with Gasteiger partial charge in [0.2, 0.25) is 5.91 Å². The van der Waals surface area contributed by atoms with E-state index >= 15 is 0 Å². The number of Topliss-reactive ketones (excluding diaryl/α,β-unsaturated/α-hetero) is 1. The number of likely N-dealkylation sites (N-methyl/N-ethyl adjacent to an activating group) is 1. The largest absolute Gasteiger partial charge is 0.379 e. The van der Waals surface area contributed by atoms with Crippen molar-refractivity contribution in [1.29, 1.82) is 0 Å². The van der Waals surface area contributed by atoms with Crippen LogP contribution < -0.4 is 5.32 Å². The number of hydrogen-bond acceptors (Lipinski definition) is 6. The second-order valence-electron chi connectivity index (χ2n) is 8.28. The highest BCUT2D eigenvalue weighted by Gasteiger charge is 2.29. The van der Waals surface area contributed by atoms with Gasteiger partial charge in [-0.1, -0.05) is 36.1 Å². The Balaban J connectivity index is 1.42. The van der Waals surface area contributed by atoms with Gasteiger partial charge in [-0.15, -0.1) is 0 Å². The van der Waals surface area contributed by atoms with Gasteiger partial charge in [0.1, 0.15) is 6.34 Å². The molecule has 0 aromatic heterocycles. The predicted molar refractivity (Wildman–Crippen MR) is 132 cm³/mol. The van der Waals surface area contributed by atoms with Crippen molar-refractivity contribution in [3.63, 3.8) is 0 Å². The van der Waals surface area contributed by atoms with Crippen molar-refractivity contribution < 1.29 is 19.1 Å². The Bertz CT molecular complexity index is 1210. The minimum atomic E-state index is -0.870. The molecule has 178 valence electrons. The number of rotatable bonds is 6. The maximum Gasteiger partial charge on any atom is 0.320 e. The molecule has 4 rings (SSSR count). The van der Waals surface area contributed by atoms with Gasteiger partial charge >= 0.3 is 5.91 Å². The molecule has 0 aliphatic carbocycles. The average molecular weight is 471 g/mol. The summed E-state index contributed by atoms with van der Waals surface area (Å²) in [7, 11) is 1.53. The normalized spacial score (nSPS) is 16.8. The van der Waals surface area contributed by atoms with E-state index in [9.17, 15) is 14.4 Å². The number of morpholine rings is 1. The van der Waals surface area contributed by atoms with E-state index in [4.69, 9.17) is 4.74 Å². The topological polar surface area (TPSA) is 100 Å². The number of ether oxygens (including phenoxy) is 1. The van der Waals surface area contributed by atoms with Crippen LogP contribution in [0, 0.1) is 11.8 Å². The minimum absolute atomic E-state index is 0.0120. The maximum atomic E-state index is 12.5. The summed E-state index contributed by atoms with van der Waals surface area (Å²) >= 11 is 0. The first kappa shape index (κ1) is 24.2. The zero-order chi connectivity index (χ0) is 24.6. The van der Waals surface area contributed by atoms with E-state index in [1.54, 1.807) is 12.1 Å². The Morgan fingerprint density at radius 3 is 2.29 bits per heavy atom. The number of carbonyl (C=O) groups excluding carboxylic acids is 3. The summed E-state index contributed by atoms with van der Waals surface area (Å²) in [6.07, 6.45) is 1.06. The molecule has 2 aromatic carbocycles. The van der Waals surface area contributed by atoms with E-state index in [1.807, 2.05) is 24.3 Å². The third kappa shape index (κ3) is 6.35. The van der Waals surface area contributed by atoms with Crippen LogP contribution in [0.25, 0.3) is 0 Å². The van der Waals surface area contributed by atoms with E-state index in [-0.39, 0.29) is 18.0 Å². The van der Waals surface area contributed by atoms with Crippen molar-refractivity contribution in [1.82, 2.24) is 10.2 Å². The third-order valence-electron chi connectivity index (χ3n) is 5.93. The number of hydrogen-bond donors (Lipinski definition) is 1. The summed E-state index contributed by atoms with van der Waals surface area (Å²) in [4.78, 5) is 45.7. The van der Waals surface area contributed by atoms with Crippen LogP contribution in [0.1, 0.15) is 34.6 Å². The quantitative estimate of drug-likeness (QED) is 0.512. The van der Waals surface area contributed by atoms with Crippen molar-refractivity contribution in [3.05, 3.63) is 70.8 Å². The monoisotopic (exact) mass is 470 g/mol. The molecule has 1 unspecified atom stereocenters. The average Bonchev–Trinajstić information content (AvgIpc) is 2.90. The molecule has 0 saturated carbocycles. The lowest BCUT2D eigenvalue weighted by molar-refractivity contribution is -0.132. The molecule has 0 radical (unpaired) electrons. The lowest BCUT2D eigenvalue weighted by Crippen LogP contribution is -2.35. The second-order valence-corrected chi connectivity index (χ2v) is 8.28. The first-order valence-electron chi connectivity index (χ1n) is 11.4. The smallest absolute Gasteiger partial charge is 0.320 e. The van der Waals surface area contributed by atoms with Gasteiger partial charge in [0.25, 0.3) is 5.78 Å². The van der Waals surface area contributed by atoms with Gasteiger partial charge in [-0.05, 0) is 35.4 Å². The molecule has 1 fully saturated rings. The molecule has 2 heterocycles. The number of benzene rings is 2. The first-order valence-corrected chi connectivity index (χ1v) is 11.4. The first-order chi connectivity index (χ1) is 17.0. The van der Waals surface area contributed by atoms with Gasteiger partial charge < -0.3 is 10.1 Å². The van der Waals surface area contributed by atoms with Crippen molar-refractivity contribution in [2.75, 3.05) is 33.4 Å². The fourth-order valence-electron chi connectivity index (χ4n) is 3.92. The van der Waals surface area contributed by atoms with Gasteiger partial charge in [0.15, 0.2) is 0 Å². The summed E-state index contributed by atoms with van der Waals surface area (Å²) in [5.74, 6) is 3.74. The number of aliphatic imine (C=N–C) groups is 2. The molecule has 8 nitrogen and oxygen atoms in total. The zero-order valence-corrected chi connectivity index (χ0v) is 19.5. The second kappa shape index (κ2) is 11.5. The summed E-state index contributed by atoms with van der Waals surface area (Å²) < 4.78 is 5.40. The van der Waals surface area contributed by atoms with Gasteiger partial charge in [-0.3, -0.25) is 19.3 Å². The van der Waals surface area contributed by atoms with E-state index in [2.05, 4.69) is 44.2 Å². The maximum absolute atomic E-state index is 12.5. The Kier molecular flexibility index (Phi) is 7.93. The van der Waals surface area contributed by atoms with E-state index in [0.29, 0.717) is 5.56 Å². The zero-order valence-electron chi connectivity index (χ0n) is 19.5. The highest BCUT2D eigenvalue weighted by molar-refractivity contribution is 6.67. The Morgan fingerprint density at radius 2 is 1.66 bits per heavy atom. The molecule has 1 saturated heterocycles. The van der Waals surface area contributed by atoms with Crippen molar-refractivity contribution in [3.8, 4) is 11.8 Å². The molecule has 2 aliphatic rings. The summed E-state index contributed by atoms with van der Waals surface area (Å²) in [5.41, 5.74) is 3.70. The van der Waals surface area contributed by atoms with Crippen LogP contribution in [0.3, 0.4) is 0 Å². The molecule has 0 bridgehead atoms. The third-order valence-corrected chi connectivity index (χ3v) is 5.93. The lowest BCUT2D eigenvalue weighted by atomic mass is 9.90. The van der Waals surface area contributed by atoms with E-state index in [1.165, 1.54) is 12.6 Å². The van der Waals surface area contributed by atoms with Crippen LogP contribution in [0.15, 0.2) is 58.5 Å². The fourth-order valence-corrected chi connectivity index (χ4v) is 3.92. The molecule has 2 amide bonds. The summed E-state index contributed by atoms with van der Waals surface area (Å²) in [5, 5.41) is 2.61. The fraction of sp³-hybridized carbons (Fsp3) is 0.296. The van der Waals surface area contributed by atoms with E-state index in [0.717, 1.165) is 50.3 Å². The van der Waals surface area contributed by atoms with Crippen LogP contribution in [0.2, 0.25) is 0 Å². The van der Waals surface area contributed by atoms with Crippen LogP contribution >= 0.6 is 0 Å². The van der Waals surface area contributed by atoms with Gasteiger partial charge in [-0.25, -0.2) is 4.99 Å². The van der Waals surface area contributed by atoms with Crippen LogP contribution in [-0.2, 0) is 25.7 Å². The number of nitrogens with one attached hydrogen (secondary N) is 1. The highest BCUT2D eigenvalue weighted by Crippen LogP contribution is 2.22. The molecular formula is C27H26N4O4. The van der Waals surface area contributed by atoms with Crippen LogP contribution in [0.5, 0.6) is 0 Å². The summed E-state index contributed by atoms with van der Waals surface area (Å²) in [6.45, 7) is 4.38. The molecule has 0 spiro atoms. The van der Waals surface area contributed by atoms with Crippen molar-refractivity contribution in [2.45, 2.75) is 18.9 Å². The molecule has 8 heteroatoms. The highest BCUT2D eigenvalue weighted by atomic mass is 16.5. The lowest BCUT2D eigenvalue weighted by Gasteiger charge is -2.26. The standard InChI is InChI=1S/C27H26N4O4/c1-28-26(33)23(16-24-25(32)27(34)30-18-29-24)22-10-8-20(9-11-22)3-2-19-4-6-21(7-5-19)17-31-12-14-35-15-13-31/h4-11,18,23H,12-17H2,1H3,(H,28,33). The predicted octanol–water partition coefficient (Wildman–Crippen LogP) is 1.72. The molecule has 2 aliphatic heterocycles. The van der Waals surface area contributed by atoms with Crippen LogP contribution in [-0.4, -0.2) is 67.9 Å². The van der Waals surface area contributed by atoms with Gasteiger partial charge in [0.05, 0.1) is 24.8 Å². The number of amides is 2. The molecule has 1 N–H and O–H groups in total. The molecular weight excluding hydrogens is 444 g/mol. The number of carbonyl (C=O) groups is 3. The van der Waals surface area contributed by atoms with Gasteiger partial charge in [0, 0.05) is 44.2 Å². The molecule has 35 heavy (non-hydrogen) atoms. The molecule has 2 aromatic rings. The SMILES string of the molecule is CNC(=O)C(CC1=NC=NC(=O)C1=O)c1ccc(C#Cc2ccc(CN3CCOCC3)cc2)cc1. The summed E-state index contributed by atoms with van der Waals surface area (Å²) in [6, 6.07) is 15.5. The van der Waals surface area contributed by atoms with E-state index < -0.39 is 17.6 Å². The van der Waals surface area contributed by atoms with Crippen molar-refractivity contribution >= 4 is 29.6 Å². The van der Waals surface area contributed by atoms with Crippen molar-refractivity contribution in [2.24, 2.45) is 9.98 Å². The molecule has 1 atom stereocenters. The Labute approximate surface area is 204 Å². The van der Waals surface area contributed by atoms with Gasteiger partial charge in [-0.2, -0.15) is 4.99 Å². The number of nitrogens with zero attached hydrogens (tertiary/aromatic N) is 3. The van der Waals surface area contributed by atoms with Crippen LogP contribution in [0.4, 0.5) is 0 Å². The Hall–Kier alpha value is -3.93. The minimum Gasteiger partial charge on any atom is -0.379 e.